The fourth-order valence-corrected chi connectivity index (χ4v) is 2.48. The molecule has 5 nitrogen and oxygen atoms in total. The van der Waals surface area contributed by atoms with Crippen molar-refractivity contribution in [2.45, 2.75) is 19.9 Å². The lowest BCUT2D eigenvalue weighted by molar-refractivity contribution is -0.116. The first-order valence-corrected chi connectivity index (χ1v) is 7.55. The zero-order valence-electron chi connectivity index (χ0n) is 13.1. The zero-order chi connectivity index (χ0) is 17.1. The van der Waals surface area contributed by atoms with Crippen molar-refractivity contribution in [2.24, 2.45) is 0 Å². The van der Waals surface area contributed by atoms with E-state index in [0.29, 0.717) is 17.4 Å². The van der Waals surface area contributed by atoms with Crippen LogP contribution < -0.4 is 10.7 Å². The second-order valence-electron chi connectivity index (χ2n) is 5.53. The average Bonchev–Trinajstić information content (AvgIpc) is 2.57. The summed E-state index contributed by atoms with van der Waals surface area (Å²) in [5.74, 6) is -0.780. The normalized spacial score (nSPS) is 10.8. The molecule has 1 aromatic heterocycles. The molecule has 0 aliphatic rings. The molecule has 0 unspecified atom stereocenters. The van der Waals surface area contributed by atoms with Gasteiger partial charge in [-0.05, 0) is 36.8 Å². The molecule has 3 rings (SSSR count). The van der Waals surface area contributed by atoms with E-state index in [9.17, 15) is 14.0 Å². The first kappa shape index (κ1) is 15.9. The molecule has 0 radical (unpaired) electrons. The number of benzene rings is 2. The Balaban J connectivity index is 1.73. The second kappa shape index (κ2) is 6.62. The molecule has 1 heterocycles. The van der Waals surface area contributed by atoms with E-state index >= 15 is 0 Å². The third kappa shape index (κ3) is 3.32. The lowest BCUT2D eigenvalue weighted by atomic mass is 10.2. The van der Waals surface area contributed by atoms with Crippen LogP contribution in [0.15, 0.2) is 53.5 Å². The van der Waals surface area contributed by atoms with Crippen molar-refractivity contribution in [2.75, 3.05) is 5.32 Å². The molecule has 122 valence electrons. The first-order chi connectivity index (χ1) is 11.5. The highest BCUT2D eigenvalue weighted by Crippen LogP contribution is 2.15. The Kier molecular flexibility index (Phi) is 4.37. The summed E-state index contributed by atoms with van der Waals surface area (Å²) in [6.07, 6.45) is 1.35. The van der Waals surface area contributed by atoms with E-state index in [1.807, 2.05) is 6.07 Å². The van der Waals surface area contributed by atoms with Gasteiger partial charge in [-0.15, -0.1) is 0 Å². The largest absolute Gasteiger partial charge is 0.324 e. The number of hydrogen-bond donors (Lipinski definition) is 1. The average molecular weight is 325 g/mol. The smallest absolute Gasteiger partial charge is 0.226 e. The van der Waals surface area contributed by atoms with Crippen molar-refractivity contribution < 1.29 is 9.18 Å². The van der Waals surface area contributed by atoms with Crippen molar-refractivity contribution in [3.05, 3.63) is 70.3 Å². The van der Waals surface area contributed by atoms with Gasteiger partial charge in [0.1, 0.15) is 5.82 Å². The summed E-state index contributed by atoms with van der Waals surface area (Å²) in [7, 11) is 0. The predicted molar refractivity (Wildman–Crippen MR) is 90.4 cm³/mol. The standard InChI is InChI=1S/C18H16FN3O2/c1-12-6-7-15(14(19)10-12)21-18(24)8-9-22-16-5-3-2-4-13(16)17(23)11-20-22/h2-7,10-11H,8-9H2,1H3,(H,21,24). The topological polar surface area (TPSA) is 64.0 Å². The van der Waals surface area contributed by atoms with Crippen LogP contribution in [0.3, 0.4) is 0 Å². The molecule has 0 atom stereocenters. The van der Waals surface area contributed by atoms with Crippen LogP contribution in [0.2, 0.25) is 0 Å². The number of para-hydroxylation sites is 1. The molecule has 0 spiro atoms. The number of carbonyl (C=O) groups is 1. The van der Waals surface area contributed by atoms with Crippen LogP contribution in [-0.2, 0) is 11.3 Å². The van der Waals surface area contributed by atoms with Crippen LogP contribution in [0, 0.1) is 12.7 Å². The number of fused-ring (bicyclic) bond motifs is 1. The zero-order valence-corrected chi connectivity index (χ0v) is 13.1. The molecule has 0 aliphatic heterocycles. The van der Waals surface area contributed by atoms with Gasteiger partial charge >= 0.3 is 0 Å². The molecule has 1 amide bonds. The minimum absolute atomic E-state index is 0.118. The van der Waals surface area contributed by atoms with E-state index in [2.05, 4.69) is 10.4 Å². The second-order valence-corrected chi connectivity index (χ2v) is 5.53. The van der Waals surface area contributed by atoms with Gasteiger partial charge in [0.15, 0.2) is 0 Å². The van der Waals surface area contributed by atoms with Crippen molar-refractivity contribution in [3.8, 4) is 0 Å². The summed E-state index contributed by atoms with van der Waals surface area (Å²) in [4.78, 5) is 23.8. The molecular weight excluding hydrogens is 309 g/mol. The third-order valence-corrected chi connectivity index (χ3v) is 3.71. The Morgan fingerprint density at radius 2 is 2.04 bits per heavy atom. The van der Waals surface area contributed by atoms with Crippen LogP contribution >= 0.6 is 0 Å². The van der Waals surface area contributed by atoms with Crippen LogP contribution in [0.4, 0.5) is 10.1 Å². The third-order valence-electron chi connectivity index (χ3n) is 3.71. The van der Waals surface area contributed by atoms with Gasteiger partial charge in [-0.2, -0.15) is 5.10 Å². The van der Waals surface area contributed by atoms with Crippen LogP contribution in [0.25, 0.3) is 10.9 Å². The molecule has 6 heteroatoms. The Labute approximate surface area is 137 Å². The fraction of sp³-hybridized carbons (Fsp3) is 0.167. The first-order valence-electron chi connectivity index (χ1n) is 7.55. The molecule has 0 saturated carbocycles. The summed E-state index contributed by atoms with van der Waals surface area (Å²) in [6, 6.07) is 11.7. The molecule has 24 heavy (non-hydrogen) atoms. The van der Waals surface area contributed by atoms with Gasteiger partial charge in [-0.25, -0.2) is 4.39 Å². The number of nitrogens with zero attached hydrogens (tertiary/aromatic N) is 2. The van der Waals surface area contributed by atoms with Gasteiger partial charge in [0.05, 0.1) is 23.9 Å². The van der Waals surface area contributed by atoms with Gasteiger partial charge < -0.3 is 5.32 Å². The summed E-state index contributed by atoms with van der Waals surface area (Å²) in [5.41, 5.74) is 1.45. The summed E-state index contributed by atoms with van der Waals surface area (Å²) >= 11 is 0. The number of hydrogen-bond acceptors (Lipinski definition) is 3. The lowest BCUT2D eigenvalue weighted by Gasteiger charge is -2.10. The molecular formula is C18H16FN3O2. The molecule has 3 aromatic rings. The van der Waals surface area contributed by atoms with Gasteiger partial charge in [0, 0.05) is 11.8 Å². The highest BCUT2D eigenvalue weighted by molar-refractivity contribution is 5.90. The maximum Gasteiger partial charge on any atom is 0.226 e. The summed E-state index contributed by atoms with van der Waals surface area (Å²) in [6.45, 7) is 2.07. The number of anilines is 1. The van der Waals surface area contributed by atoms with Gasteiger partial charge in [0.2, 0.25) is 11.3 Å². The molecule has 0 aliphatic carbocycles. The Hall–Kier alpha value is -3.02. The monoisotopic (exact) mass is 325 g/mol. The van der Waals surface area contributed by atoms with Gasteiger partial charge in [-0.1, -0.05) is 18.2 Å². The number of aryl methyl sites for hydroxylation is 2. The Morgan fingerprint density at radius 1 is 1.25 bits per heavy atom. The quantitative estimate of drug-likeness (QED) is 0.802. The number of amides is 1. The number of rotatable bonds is 4. The highest BCUT2D eigenvalue weighted by Gasteiger charge is 2.09. The summed E-state index contributed by atoms with van der Waals surface area (Å²) in [5, 5.41) is 7.17. The molecule has 0 saturated heterocycles. The minimum Gasteiger partial charge on any atom is -0.324 e. The van der Waals surface area contributed by atoms with Crippen molar-refractivity contribution in [3.63, 3.8) is 0 Å². The maximum atomic E-state index is 13.8. The Bertz CT molecular complexity index is 966. The van der Waals surface area contributed by atoms with Crippen molar-refractivity contribution >= 4 is 22.5 Å². The van der Waals surface area contributed by atoms with E-state index in [1.165, 1.54) is 18.3 Å². The number of carbonyl (C=O) groups excluding carboxylic acids is 1. The van der Waals surface area contributed by atoms with Crippen LogP contribution in [-0.4, -0.2) is 15.7 Å². The van der Waals surface area contributed by atoms with Crippen molar-refractivity contribution in [1.82, 2.24) is 9.78 Å². The number of nitrogens with one attached hydrogen (secondary N) is 1. The fourth-order valence-electron chi connectivity index (χ4n) is 2.48. The number of aromatic nitrogens is 2. The molecule has 1 N–H and O–H groups in total. The van der Waals surface area contributed by atoms with E-state index in [4.69, 9.17) is 0 Å². The van der Waals surface area contributed by atoms with Crippen LogP contribution in [0.5, 0.6) is 0 Å². The minimum atomic E-state index is -0.463. The van der Waals surface area contributed by atoms with E-state index in [0.717, 1.165) is 5.56 Å². The lowest BCUT2D eigenvalue weighted by Crippen LogP contribution is -2.18. The van der Waals surface area contributed by atoms with E-state index in [1.54, 1.807) is 35.9 Å². The highest BCUT2D eigenvalue weighted by atomic mass is 19.1. The van der Waals surface area contributed by atoms with Crippen LogP contribution in [0.1, 0.15) is 12.0 Å². The molecule has 0 fully saturated rings. The predicted octanol–water partition coefficient (Wildman–Crippen LogP) is 2.87. The van der Waals surface area contributed by atoms with E-state index < -0.39 is 5.82 Å². The van der Waals surface area contributed by atoms with Gasteiger partial charge in [-0.3, -0.25) is 14.3 Å². The van der Waals surface area contributed by atoms with E-state index in [-0.39, 0.29) is 23.4 Å². The number of halogens is 1. The van der Waals surface area contributed by atoms with Crippen molar-refractivity contribution in [1.29, 1.82) is 0 Å². The summed E-state index contributed by atoms with van der Waals surface area (Å²) < 4.78 is 15.4. The Morgan fingerprint density at radius 3 is 2.83 bits per heavy atom. The molecule has 2 aromatic carbocycles. The SMILES string of the molecule is Cc1ccc(NC(=O)CCn2ncc(=O)c3ccccc32)c(F)c1. The van der Waals surface area contributed by atoms with Gasteiger partial charge in [0.25, 0.3) is 0 Å². The molecule has 0 bridgehead atoms. The maximum absolute atomic E-state index is 13.8.